The van der Waals surface area contributed by atoms with Gasteiger partial charge in [0.25, 0.3) is 0 Å². The molecule has 1 aliphatic rings. The minimum absolute atomic E-state index is 0.123. The highest BCUT2D eigenvalue weighted by Crippen LogP contribution is 2.56. The van der Waals surface area contributed by atoms with Crippen molar-refractivity contribution in [1.29, 1.82) is 0 Å². The first-order valence-electron chi connectivity index (χ1n) is 8.35. The third-order valence-corrected chi connectivity index (χ3v) is 7.28. The molecule has 1 heterocycles. The van der Waals surface area contributed by atoms with E-state index in [9.17, 15) is 4.79 Å². The number of amides is 1. The number of quaternary nitrogens is 1. The maximum atomic E-state index is 11.0. The van der Waals surface area contributed by atoms with Crippen LogP contribution in [0.4, 0.5) is 10.5 Å². The van der Waals surface area contributed by atoms with Crippen LogP contribution in [0, 0.1) is 0 Å². The van der Waals surface area contributed by atoms with Crippen molar-refractivity contribution in [3.8, 4) is 5.75 Å². The van der Waals surface area contributed by atoms with E-state index < -0.39 is 11.7 Å². The Morgan fingerprint density at radius 3 is 2.38 bits per heavy atom. The first-order chi connectivity index (χ1) is 11.0. The Labute approximate surface area is 149 Å². The van der Waals surface area contributed by atoms with E-state index in [0.717, 1.165) is 9.45 Å². The molecule has 0 aliphatic carbocycles. The van der Waals surface area contributed by atoms with E-state index in [4.69, 9.17) is 9.84 Å². The molecule has 24 heavy (non-hydrogen) atoms. The number of fused-ring (bicyclic) bond motifs is 1. The van der Waals surface area contributed by atoms with Gasteiger partial charge in [0.2, 0.25) is 0 Å². The van der Waals surface area contributed by atoms with Crippen LogP contribution in [0.5, 0.6) is 5.75 Å². The van der Waals surface area contributed by atoms with E-state index in [-0.39, 0.29) is 5.25 Å². The van der Waals surface area contributed by atoms with Gasteiger partial charge >= 0.3 is 6.09 Å². The summed E-state index contributed by atoms with van der Waals surface area (Å²) in [5.41, 5.74) is 1.16. The molecule has 2 rings (SSSR count). The summed E-state index contributed by atoms with van der Waals surface area (Å²) in [4.78, 5) is 11.0. The number of hydrogen-bond acceptors (Lipinski definition) is 3. The van der Waals surface area contributed by atoms with E-state index in [1.165, 1.54) is 0 Å². The molecule has 0 fully saturated rings. The third-order valence-electron chi connectivity index (χ3n) is 4.95. The average molecular weight is 354 g/mol. The van der Waals surface area contributed by atoms with Gasteiger partial charge in [-0.1, -0.05) is 12.1 Å². The Bertz CT molecular complexity index is 621. The van der Waals surface area contributed by atoms with Crippen molar-refractivity contribution in [2.45, 2.75) is 64.5 Å². The van der Waals surface area contributed by atoms with Crippen LogP contribution in [0.2, 0.25) is 0 Å². The molecule has 0 bridgehead atoms. The molecule has 1 aliphatic heterocycles. The van der Waals surface area contributed by atoms with E-state index >= 15 is 0 Å². The van der Waals surface area contributed by atoms with Crippen molar-refractivity contribution in [2.24, 2.45) is 0 Å². The SMILES string of the molecule is CC(C)[N+](C)(SC1c2cccc(NC(=O)O)c2OC1(C)C)C(C)C. The van der Waals surface area contributed by atoms with Crippen LogP contribution in [0.3, 0.4) is 0 Å². The van der Waals surface area contributed by atoms with Gasteiger partial charge in [-0.15, -0.1) is 0 Å². The summed E-state index contributed by atoms with van der Waals surface area (Å²) in [5, 5.41) is 11.6. The summed E-state index contributed by atoms with van der Waals surface area (Å²) in [7, 11) is 2.26. The Morgan fingerprint density at radius 1 is 1.29 bits per heavy atom. The van der Waals surface area contributed by atoms with E-state index in [1.807, 2.05) is 24.1 Å². The summed E-state index contributed by atoms with van der Waals surface area (Å²) in [5.74, 6) is 0.654. The number of rotatable bonds is 5. The van der Waals surface area contributed by atoms with Crippen molar-refractivity contribution in [2.75, 3.05) is 12.4 Å². The van der Waals surface area contributed by atoms with Crippen molar-refractivity contribution >= 4 is 23.7 Å². The number of hydrogen-bond donors (Lipinski definition) is 2. The molecule has 1 atom stereocenters. The van der Waals surface area contributed by atoms with Gasteiger partial charge in [0, 0.05) is 5.56 Å². The molecular formula is C18H29N2O3S+. The number of carboxylic acid groups (broad SMARTS) is 1. The quantitative estimate of drug-likeness (QED) is 0.584. The molecule has 5 nitrogen and oxygen atoms in total. The lowest BCUT2D eigenvalue weighted by Crippen LogP contribution is -2.50. The van der Waals surface area contributed by atoms with Crippen molar-refractivity contribution in [3.05, 3.63) is 23.8 Å². The normalized spacial score (nSPS) is 19.3. The predicted octanol–water partition coefficient (Wildman–Crippen LogP) is 4.90. The lowest BCUT2D eigenvalue weighted by molar-refractivity contribution is -0.820. The Hall–Kier alpha value is -1.40. The molecule has 0 saturated carbocycles. The van der Waals surface area contributed by atoms with E-state index in [1.54, 1.807) is 6.07 Å². The Morgan fingerprint density at radius 2 is 1.88 bits per heavy atom. The van der Waals surface area contributed by atoms with Gasteiger partial charge < -0.3 is 9.84 Å². The zero-order chi connectivity index (χ0) is 18.3. The third kappa shape index (κ3) is 3.35. The largest absolute Gasteiger partial charge is 0.484 e. The lowest BCUT2D eigenvalue weighted by Gasteiger charge is -2.42. The van der Waals surface area contributed by atoms with E-state index in [0.29, 0.717) is 23.5 Å². The van der Waals surface area contributed by atoms with Crippen LogP contribution in [0.15, 0.2) is 18.2 Å². The zero-order valence-corrected chi connectivity index (χ0v) is 16.4. The minimum Gasteiger partial charge on any atom is -0.484 e. The lowest BCUT2D eigenvalue weighted by atomic mass is 10.0. The number of nitrogens with zero attached hydrogens (tertiary/aromatic N) is 1. The van der Waals surface area contributed by atoms with Gasteiger partial charge in [-0.3, -0.25) is 9.21 Å². The molecule has 1 unspecified atom stereocenters. The first kappa shape index (κ1) is 18.9. The number of nitrogens with one attached hydrogen (secondary N) is 1. The van der Waals surface area contributed by atoms with Crippen LogP contribution < -0.4 is 10.1 Å². The van der Waals surface area contributed by atoms with Crippen molar-refractivity contribution in [3.63, 3.8) is 0 Å². The molecule has 1 aromatic rings. The fourth-order valence-corrected chi connectivity index (χ4v) is 4.57. The monoisotopic (exact) mass is 353 g/mol. The van der Waals surface area contributed by atoms with Gasteiger partial charge in [0.05, 0.1) is 36.8 Å². The van der Waals surface area contributed by atoms with Gasteiger partial charge in [0.1, 0.15) is 16.6 Å². The summed E-state index contributed by atoms with van der Waals surface area (Å²) in [6, 6.07) is 6.58. The van der Waals surface area contributed by atoms with Crippen molar-refractivity contribution in [1.82, 2.24) is 0 Å². The number of para-hydroxylation sites is 1. The topological polar surface area (TPSA) is 58.6 Å². The summed E-state index contributed by atoms with van der Waals surface area (Å²) < 4.78 is 7.04. The van der Waals surface area contributed by atoms with Gasteiger partial charge in [-0.25, -0.2) is 4.79 Å². The zero-order valence-electron chi connectivity index (χ0n) is 15.6. The highest BCUT2D eigenvalue weighted by molar-refractivity contribution is 7.94. The van der Waals surface area contributed by atoms with Crippen LogP contribution in [0.1, 0.15) is 52.4 Å². The van der Waals surface area contributed by atoms with Crippen LogP contribution >= 0.6 is 11.9 Å². The number of carbonyl (C=O) groups is 1. The van der Waals surface area contributed by atoms with Crippen LogP contribution in [-0.2, 0) is 0 Å². The summed E-state index contributed by atoms with van der Waals surface area (Å²) in [6.07, 6.45) is -1.08. The minimum atomic E-state index is -1.08. The fraction of sp³-hybridized carbons (Fsp3) is 0.611. The van der Waals surface area contributed by atoms with Crippen LogP contribution in [-0.4, -0.2) is 39.8 Å². The molecule has 2 N–H and O–H groups in total. The first-order valence-corrected chi connectivity index (χ1v) is 9.19. The molecule has 0 aromatic heterocycles. The molecule has 0 radical (unpaired) electrons. The number of anilines is 1. The molecule has 0 spiro atoms. The molecule has 1 amide bonds. The Balaban J connectivity index is 2.45. The number of benzene rings is 1. The summed E-state index contributed by atoms with van der Waals surface area (Å²) >= 11 is 1.89. The second-order valence-corrected chi connectivity index (χ2v) is 9.06. The highest BCUT2D eigenvalue weighted by Gasteiger charge is 2.49. The van der Waals surface area contributed by atoms with Crippen molar-refractivity contribution < 1.29 is 18.5 Å². The van der Waals surface area contributed by atoms with Gasteiger partial charge in [0.15, 0.2) is 0 Å². The smallest absolute Gasteiger partial charge is 0.409 e. The maximum Gasteiger partial charge on any atom is 0.409 e. The fourth-order valence-electron chi connectivity index (χ4n) is 3.03. The highest BCUT2D eigenvalue weighted by atomic mass is 32.2. The Kier molecular flexibility index (Phi) is 5.11. The second-order valence-electron chi connectivity index (χ2n) is 7.59. The maximum absolute atomic E-state index is 11.0. The molecule has 1 aromatic carbocycles. The second kappa shape index (κ2) is 6.48. The summed E-state index contributed by atoms with van der Waals surface area (Å²) in [6.45, 7) is 13.1. The predicted molar refractivity (Wildman–Crippen MR) is 99.6 cm³/mol. The molecule has 6 heteroatoms. The standard InChI is InChI=1S/C18H28N2O3S/c1-11(2)20(7,12(3)4)24-16-13-9-8-10-14(19-17(21)22)15(13)23-18(16,5)6/h8-12,16,19H,1-7H3/p+1. The van der Waals surface area contributed by atoms with E-state index in [2.05, 4.69) is 53.9 Å². The van der Waals surface area contributed by atoms with Gasteiger partial charge in [-0.2, -0.15) is 0 Å². The average Bonchev–Trinajstić information content (AvgIpc) is 2.70. The number of ether oxygens (including phenoxy) is 1. The molecule has 134 valence electrons. The molecule has 0 saturated heterocycles. The molecular weight excluding hydrogens is 324 g/mol. The van der Waals surface area contributed by atoms with Crippen LogP contribution in [0.25, 0.3) is 0 Å². The van der Waals surface area contributed by atoms with Gasteiger partial charge in [-0.05, 0) is 47.6 Å².